The molecule has 0 saturated heterocycles. The van der Waals surface area contributed by atoms with E-state index >= 15 is 0 Å². The van der Waals surface area contributed by atoms with Crippen molar-refractivity contribution in [2.24, 2.45) is 11.8 Å². The summed E-state index contributed by atoms with van der Waals surface area (Å²) in [7, 11) is 0. The fourth-order valence-electron chi connectivity index (χ4n) is 1.42. The minimum atomic E-state index is -2.16. The number of hydrogen-bond donors (Lipinski definition) is 0. The number of allylic oxidation sites excluding steroid dienone is 2. The number of nitrogens with zero attached hydrogens (tertiary/aromatic N) is 1. The molecule has 1 fully saturated rings. The summed E-state index contributed by atoms with van der Waals surface area (Å²) in [6.07, 6.45) is 5.02. The minimum absolute atomic E-state index is 0.300. The molecule has 0 aromatic heterocycles. The lowest BCUT2D eigenvalue weighted by atomic mass is 9.96. The molecule has 1 saturated carbocycles. The Bertz CT molecular complexity index is 354. The van der Waals surface area contributed by atoms with Gasteiger partial charge in [0.15, 0.2) is 0 Å². The van der Waals surface area contributed by atoms with Crippen molar-refractivity contribution in [1.29, 1.82) is 5.26 Å². The van der Waals surface area contributed by atoms with Gasteiger partial charge in [0.2, 0.25) is 5.85 Å². The molecule has 0 aliphatic heterocycles. The second-order valence-corrected chi connectivity index (χ2v) is 3.94. The molecule has 15 heavy (non-hydrogen) atoms. The van der Waals surface area contributed by atoms with Crippen molar-refractivity contribution >= 4 is 0 Å². The van der Waals surface area contributed by atoms with Crippen molar-refractivity contribution in [1.82, 2.24) is 0 Å². The van der Waals surface area contributed by atoms with Crippen LogP contribution in [0.1, 0.15) is 12.8 Å². The first kappa shape index (κ1) is 10.3. The number of rotatable bonds is 3. The highest BCUT2D eigenvalue weighted by molar-refractivity contribution is 5.27. The third-order valence-corrected chi connectivity index (χ3v) is 2.60. The van der Waals surface area contributed by atoms with E-state index in [4.69, 9.17) is 10.00 Å². The van der Waals surface area contributed by atoms with E-state index in [9.17, 15) is 8.78 Å². The number of alkyl halides is 1. The molecular weight excluding hydrogens is 200 g/mol. The van der Waals surface area contributed by atoms with Crippen LogP contribution in [0.15, 0.2) is 24.1 Å². The lowest BCUT2D eigenvalue weighted by molar-refractivity contribution is -0.126. The summed E-state index contributed by atoms with van der Waals surface area (Å²) < 4.78 is 31.9. The quantitative estimate of drug-likeness (QED) is 0.718. The summed E-state index contributed by atoms with van der Waals surface area (Å²) in [5, 5.41) is 8.71. The Labute approximate surface area is 86.8 Å². The zero-order valence-electron chi connectivity index (χ0n) is 8.12. The molecule has 2 nitrogen and oxygen atoms in total. The van der Waals surface area contributed by atoms with Crippen molar-refractivity contribution in [3.05, 3.63) is 24.1 Å². The van der Waals surface area contributed by atoms with Gasteiger partial charge in [-0.1, -0.05) is 0 Å². The van der Waals surface area contributed by atoms with Gasteiger partial charge in [0.25, 0.3) is 0 Å². The number of halogens is 2. The van der Waals surface area contributed by atoms with Crippen LogP contribution >= 0.6 is 0 Å². The molecule has 0 N–H and O–H groups in total. The molecule has 0 bridgehead atoms. The normalized spacial score (nSPS) is 34.7. The van der Waals surface area contributed by atoms with Crippen LogP contribution in [-0.4, -0.2) is 12.5 Å². The summed E-state index contributed by atoms with van der Waals surface area (Å²) in [5.41, 5.74) is 0. The van der Waals surface area contributed by atoms with Crippen LogP contribution < -0.4 is 0 Å². The Kier molecular flexibility index (Phi) is 2.57. The van der Waals surface area contributed by atoms with Crippen molar-refractivity contribution in [2.75, 3.05) is 6.61 Å². The highest BCUT2D eigenvalue weighted by Gasteiger charge is 2.40. The minimum Gasteiger partial charge on any atom is -0.341 e. The molecular formula is C11H11F2NO. The topological polar surface area (TPSA) is 33.0 Å². The lowest BCUT2D eigenvalue weighted by Gasteiger charge is -2.27. The van der Waals surface area contributed by atoms with Crippen LogP contribution in [0.5, 0.6) is 0 Å². The van der Waals surface area contributed by atoms with Gasteiger partial charge in [-0.05, 0) is 37.0 Å². The van der Waals surface area contributed by atoms with E-state index in [2.05, 4.69) is 0 Å². The second kappa shape index (κ2) is 3.74. The average Bonchev–Trinajstić information content (AvgIpc) is 3.03. The van der Waals surface area contributed by atoms with Crippen molar-refractivity contribution in [2.45, 2.75) is 18.7 Å². The fourth-order valence-corrected chi connectivity index (χ4v) is 1.42. The number of nitriles is 1. The number of ether oxygens (including phenoxy) is 1. The number of hydrogen-bond acceptors (Lipinski definition) is 2. The van der Waals surface area contributed by atoms with Crippen LogP contribution in [0.2, 0.25) is 0 Å². The van der Waals surface area contributed by atoms with Gasteiger partial charge in [0.05, 0.1) is 12.7 Å². The van der Waals surface area contributed by atoms with Gasteiger partial charge in [-0.15, -0.1) is 0 Å². The predicted molar refractivity (Wildman–Crippen MR) is 49.9 cm³/mol. The summed E-state index contributed by atoms with van der Waals surface area (Å²) >= 11 is 0. The molecule has 80 valence electrons. The summed E-state index contributed by atoms with van der Waals surface area (Å²) in [5.74, 6) is -3.54. The first-order chi connectivity index (χ1) is 7.14. The molecule has 0 amide bonds. The second-order valence-electron chi connectivity index (χ2n) is 3.94. The average molecular weight is 211 g/mol. The van der Waals surface area contributed by atoms with Crippen LogP contribution in [0.3, 0.4) is 0 Å². The Morgan fingerprint density at radius 2 is 2.33 bits per heavy atom. The molecule has 2 unspecified atom stereocenters. The first-order valence-electron chi connectivity index (χ1n) is 4.93. The Balaban J connectivity index is 2.05. The molecule has 2 atom stereocenters. The third-order valence-electron chi connectivity index (χ3n) is 2.60. The van der Waals surface area contributed by atoms with Crippen LogP contribution in [-0.2, 0) is 4.74 Å². The van der Waals surface area contributed by atoms with Crippen LogP contribution in [0.25, 0.3) is 0 Å². The van der Waals surface area contributed by atoms with E-state index < -0.39 is 17.6 Å². The maximum atomic E-state index is 14.1. The van der Waals surface area contributed by atoms with Crippen molar-refractivity contribution in [3.8, 4) is 6.07 Å². The molecule has 0 aromatic carbocycles. The molecule has 2 aliphatic carbocycles. The molecule has 2 aliphatic rings. The third kappa shape index (κ3) is 2.24. The van der Waals surface area contributed by atoms with E-state index in [0.29, 0.717) is 12.5 Å². The van der Waals surface area contributed by atoms with Gasteiger partial charge >= 0.3 is 0 Å². The maximum absolute atomic E-state index is 14.1. The van der Waals surface area contributed by atoms with Crippen molar-refractivity contribution in [3.63, 3.8) is 0 Å². The van der Waals surface area contributed by atoms with Gasteiger partial charge in [-0.2, -0.15) is 5.26 Å². The van der Waals surface area contributed by atoms with Crippen molar-refractivity contribution < 1.29 is 13.5 Å². The van der Waals surface area contributed by atoms with E-state index in [-0.39, 0.29) is 0 Å². The van der Waals surface area contributed by atoms with E-state index in [1.807, 2.05) is 0 Å². The molecule has 0 spiro atoms. The Morgan fingerprint density at radius 1 is 1.60 bits per heavy atom. The summed E-state index contributed by atoms with van der Waals surface area (Å²) in [6.45, 7) is 0.300. The predicted octanol–water partition coefficient (Wildman–Crippen LogP) is 2.64. The molecule has 0 heterocycles. The summed E-state index contributed by atoms with van der Waals surface area (Å²) in [4.78, 5) is 0. The van der Waals surface area contributed by atoms with Gasteiger partial charge in [0.1, 0.15) is 11.7 Å². The van der Waals surface area contributed by atoms with Gasteiger partial charge < -0.3 is 4.74 Å². The molecule has 2 rings (SSSR count). The zero-order chi connectivity index (χ0) is 10.9. The first-order valence-corrected chi connectivity index (χ1v) is 4.93. The molecule has 0 aromatic rings. The van der Waals surface area contributed by atoms with Gasteiger partial charge in [0, 0.05) is 0 Å². The highest BCUT2D eigenvalue weighted by Crippen LogP contribution is 2.36. The molecule has 0 radical (unpaired) electrons. The van der Waals surface area contributed by atoms with E-state index in [0.717, 1.165) is 31.1 Å². The van der Waals surface area contributed by atoms with Gasteiger partial charge in [-0.25, -0.2) is 8.78 Å². The largest absolute Gasteiger partial charge is 0.341 e. The molecule has 4 heteroatoms. The van der Waals surface area contributed by atoms with E-state index in [1.165, 1.54) is 0 Å². The van der Waals surface area contributed by atoms with Gasteiger partial charge in [-0.3, -0.25) is 0 Å². The maximum Gasteiger partial charge on any atom is 0.248 e. The van der Waals surface area contributed by atoms with Crippen LogP contribution in [0, 0.1) is 23.2 Å². The Morgan fingerprint density at radius 3 is 2.93 bits per heavy atom. The monoisotopic (exact) mass is 211 g/mol. The lowest BCUT2D eigenvalue weighted by Crippen LogP contribution is -2.34. The zero-order valence-corrected chi connectivity index (χ0v) is 8.12. The standard InChI is InChI=1S/C11H11F2NO/c12-10-3-4-11(13,9(5-10)6-14)15-7-8-1-2-8/h3-5,8-9H,1-2,7H2. The smallest absolute Gasteiger partial charge is 0.248 e. The SMILES string of the molecule is N#CC1C=C(F)C=CC1(F)OCC1CC1. The fraction of sp³-hybridized carbons (Fsp3) is 0.545. The van der Waals surface area contributed by atoms with E-state index in [1.54, 1.807) is 6.07 Å². The highest BCUT2D eigenvalue weighted by atomic mass is 19.2. The Hall–Kier alpha value is -1.21. The van der Waals surface area contributed by atoms with Crippen LogP contribution in [0.4, 0.5) is 8.78 Å². The summed E-state index contributed by atoms with van der Waals surface area (Å²) in [6, 6.07) is 1.70.